The quantitative estimate of drug-likeness (QED) is 0.732. The van der Waals surface area contributed by atoms with E-state index in [9.17, 15) is 14.0 Å². The van der Waals surface area contributed by atoms with E-state index in [0.717, 1.165) is 6.07 Å². The average Bonchev–Trinajstić information content (AvgIpc) is 2.56. The van der Waals surface area contributed by atoms with Gasteiger partial charge >= 0.3 is 12.1 Å². The molecule has 144 valence electrons. The molecule has 0 saturated carbocycles. The van der Waals surface area contributed by atoms with Crippen molar-refractivity contribution in [2.75, 3.05) is 11.9 Å². The van der Waals surface area contributed by atoms with E-state index in [1.165, 1.54) is 18.2 Å². The van der Waals surface area contributed by atoms with Gasteiger partial charge < -0.3 is 14.2 Å². The van der Waals surface area contributed by atoms with E-state index >= 15 is 0 Å². The molecule has 7 heteroatoms. The summed E-state index contributed by atoms with van der Waals surface area (Å²) in [5.41, 5.74) is -0.386. The van der Waals surface area contributed by atoms with Crippen molar-refractivity contribution >= 4 is 17.7 Å². The van der Waals surface area contributed by atoms with E-state index in [0.29, 0.717) is 11.3 Å². The first-order valence-electron chi connectivity index (χ1n) is 8.42. The van der Waals surface area contributed by atoms with Crippen LogP contribution in [0.1, 0.15) is 38.1 Å². The molecule has 2 aromatic rings. The molecule has 0 atom stereocenters. The number of hydrogen-bond donors (Lipinski definition) is 1. The molecule has 2 aromatic carbocycles. The Labute approximate surface area is 157 Å². The summed E-state index contributed by atoms with van der Waals surface area (Å²) in [4.78, 5) is 23.5. The molecule has 0 saturated heterocycles. The van der Waals surface area contributed by atoms with Crippen LogP contribution in [0, 0.1) is 5.82 Å². The lowest BCUT2D eigenvalue weighted by Crippen LogP contribution is -2.27. The first-order valence-corrected chi connectivity index (χ1v) is 8.42. The summed E-state index contributed by atoms with van der Waals surface area (Å²) < 4.78 is 29.8. The molecule has 0 spiro atoms. The van der Waals surface area contributed by atoms with Crippen molar-refractivity contribution in [3.05, 3.63) is 53.8 Å². The van der Waals surface area contributed by atoms with Gasteiger partial charge in [0.25, 0.3) is 0 Å². The normalized spacial score (nSPS) is 10.9. The molecule has 27 heavy (non-hydrogen) atoms. The lowest BCUT2D eigenvalue weighted by Gasteiger charge is -2.19. The third kappa shape index (κ3) is 6.29. The highest BCUT2D eigenvalue weighted by Gasteiger charge is 2.17. The van der Waals surface area contributed by atoms with Gasteiger partial charge in [0.2, 0.25) is 0 Å². The zero-order valence-electron chi connectivity index (χ0n) is 15.7. The van der Waals surface area contributed by atoms with Gasteiger partial charge in [-0.25, -0.2) is 14.0 Å². The number of amides is 1. The molecule has 1 amide bonds. The van der Waals surface area contributed by atoms with Crippen LogP contribution in [0.5, 0.6) is 11.5 Å². The average molecular weight is 375 g/mol. The van der Waals surface area contributed by atoms with Gasteiger partial charge in [-0.15, -0.1) is 0 Å². The molecular formula is C20H22FNO5. The molecule has 0 aliphatic heterocycles. The fraction of sp³-hybridized carbons (Fsp3) is 0.300. The van der Waals surface area contributed by atoms with Crippen molar-refractivity contribution < 1.29 is 28.2 Å². The summed E-state index contributed by atoms with van der Waals surface area (Å²) in [6, 6.07) is 10.4. The lowest BCUT2D eigenvalue weighted by molar-refractivity contribution is 0.0525. The smallest absolute Gasteiger partial charge is 0.412 e. The van der Waals surface area contributed by atoms with Crippen LogP contribution in [0.4, 0.5) is 14.9 Å². The van der Waals surface area contributed by atoms with Crippen LogP contribution in [0.2, 0.25) is 0 Å². The summed E-state index contributed by atoms with van der Waals surface area (Å²) in [6.07, 6.45) is -0.753. The van der Waals surface area contributed by atoms with Gasteiger partial charge in [-0.1, -0.05) is 6.07 Å². The van der Waals surface area contributed by atoms with E-state index in [-0.39, 0.29) is 18.0 Å². The summed E-state index contributed by atoms with van der Waals surface area (Å²) in [5, 5.41) is 2.34. The number of nitrogens with one attached hydrogen (secondary N) is 1. The lowest BCUT2D eigenvalue weighted by atomic mass is 10.2. The highest BCUT2D eigenvalue weighted by Crippen LogP contribution is 2.26. The van der Waals surface area contributed by atoms with E-state index in [4.69, 9.17) is 14.2 Å². The minimum absolute atomic E-state index is 0.0307. The SMILES string of the molecule is CCOC(=O)c1cccc(Oc2ccc(NC(=O)OC(C)(C)C)c(F)c2)c1. The van der Waals surface area contributed by atoms with Crippen molar-refractivity contribution in [2.45, 2.75) is 33.3 Å². The first-order chi connectivity index (χ1) is 12.7. The molecule has 0 aliphatic rings. The minimum Gasteiger partial charge on any atom is -0.462 e. The van der Waals surface area contributed by atoms with Crippen LogP contribution < -0.4 is 10.1 Å². The van der Waals surface area contributed by atoms with Crippen molar-refractivity contribution in [1.82, 2.24) is 0 Å². The number of anilines is 1. The fourth-order valence-corrected chi connectivity index (χ4v) is 2.11. The highest BCUT2D eigenvalue weighted by molar-refractivity contribution is 5.89. The van der Waals surface area contributed by atoms with E-state index in [1.54, 1.807) is 45.9 Å². The Morgan fingerprint density at radius 1 is 1.07 bits per heavy atom. The van der Waals surface area contributed by atoms with Gasteiger partial charge in [0.1, 0.15) is 17.1 Å². The molecule has 2 rings (SSSR count). The number of carbonyl (C=O) groups excluding carboxylic acids is 2. The Balaban J connectivity index is 2.09. The van der Waals surface area contributed by atoms with E-state index in [1.807, 2.05) is 0 Å². The fourth-order valence-electron chi connectivity index (χ4n) is 2.11. The molecule has 0 fully saturated rings. The molecule has 0 heterocycles. The summed E-state index contributed by atoms with van der Waals surface area (Å²) in [5.74, 6) is -0.581. The van der Waals surface area contributed by atoms with Gasteiger partial charge in [0, 0.05) is 6.07 Å². The van der Waals surface area contributed by atoms with Crippen LogP contribution >= 0.6 is 0 Å². The van der Waals surface area contributed by atoms with Crippen molar-refractivity contribution in [3.63, 3.8) is 0 Å². The number of rotatable bonds is 5. The van der Waals surface area contributed by atoms with Crippen LogP contribution in [0.15, 0.2) is 42.5 Å². The van der Waals surface area contributed by atoms with Crippen LogP contribution in [-0.4, -0.2) is 24.3 Å². The monoisotopic (exact) mass is 375 g/mol. The Kier molecular flexibility index (Phi) is 6.39. The maximum absolute atomic E-state index is 14.2. The third-order valence-corrected chi connectivity index (χ3v) is 3.16. The molecule has 6 nitrogen and oxygen atoms in total. The number of hydrogen-bond acceptors (Lipinski definition) is 5. The van der Waals surface area contributed by atoms with Gasteiger partial charge in [0.15, 0.2) is 5.82 Å². The van der Waals surface area contributed by atoms with Crippen LogP contribution in [-0.2, 0) is 9.47 Å². The van der Waals surface area contributed by atoms with Crippen molar-refractivity contribution in [3.8, 4) is 11.5 Å². The molecule has 0 radical (unpaired) electrons. The van der Waals surface area contributed by atoms with Gasteiger partial charge in [-0.2, -0.15) is 0 Å². The summed E-state index contributed by atoms with van der Waals surface area (Å²) in [7, 11) is 0. The number of ether oxygens (including phenoxy) is 3. The second kappa shape index (κ2) is 8.53. The summed E-state index contributed by atoms with van der Waals surface area (Å²) >= 11 is 0. The Hall–Kier alpha value is -3.09. The van der Waals surface area contributed by atoms with Gasteiger partial charge in [0.05, 0.1) is 17.9 Å². The van der Waals surface area contributed by atoms with E-state index < -0.39 is 23.5 Å². The molecule has 0 aromatic heterocycles. The Morgan fingerprint density at radius 3 is 2.41 bits per heavy atom. The largest absolute Gasteiger partial charge is 0.462 e. The van der Waals surface area contributed by atoms with Crippen LogP contribution in [0.3, 0.4) is 0 Å². The highest BCUT2D eigenvalue weighted by atomic mass is 19.1. The molecule has 0 bridgehead atoms. The first kappa shape index (κ1) is 20.2. The zero-order valence-corrected chi connectivity index (χ0v) is 15.7. The molecule has 1 N–H and O–H groups in total. The van der Waals surface area contributed by atoms with Gasteiger partial charge in [-0.05, 0) is 58.0 Å². The van der Waals surface area contributed by atoms with Gasteiger partial charge in [-0.3, -0.25) is 5.32 Å². The zero-order chi connectivity index (χ0) is 20.0. The van der Waals surface area contributed by atoms with Crippen LogP contribution in [0.25, 0.3) is 0 Å². The van der Waals surface area contributed by atoms with Crippen molar-refractivity contribution in [2.24, 2.45) is 0 Å². The topological polar surface area (TPSA) is 73.9 Å². The number of esters is 1. The second-order valence-electron chi connectivity index (χ2n) is 6.62. The Morgan fingerprint density at radius 2 is 1.78 bits per heavy atom. The molecular weight excluding hydrogens is 353 g/mol. The Bertz CT molecular complexity index is 829. The predicted octanol–water partition coefficient (Wildman–Crippen LogP) is 5.14. The van der Waals surface area contributed by atoms with Crippen molar-refractivity contribution in [1.29, 1.82) is 0 Å². The predicted molar refractivity (Wildman–Crippen MR) is 98.7 cm³/mol. The third-order valence-electron chi connectivity index (χ3n) is 3.16. The summed E-state index contributed by atoms with van der Waals surface area (Å²) in [6.45, 7) is 7.12. The minimum atomic E-state index is -0.753. The maximum Gasteiger partial charge on any atom is 0.412 e. The van der Waals surface area contributed by atoms with E-state index in [2.05, 4.69) is 5.32 Å². The maximum atomic E-state index is 14.2. The number of halogens is 1. The number of benzene rings is 2. The second-order valence-corrected chi connectivity index (χ2v) is 6.62. The molecule has 0 unspecified atom stereocenters. The number of carbonyl (C=O) groups is 2. The standard InChI is InChI=1S/C20H22FNO5/c1-5-25-18(23)13-7-6-8-14(11-13)26-15-9-10-17(16(21)12-15)22-19(24)27-20(2,3)4/h6-12H,5H2,1-4H3,(H,22,24). The molecule has 0 aliphatic carbocycles.